The molecule has 3 aliphatic rings. The monoisotopic (exact) mass is 446 g/mol. The average molecular weight is 447 g/mol. The number of hydrogen-bond acceptors (Lipinski definition) is 4. The number of hydrogen-bond donors (Lipinski definition) is 2. The number of imide groups is 1. The van der Waals surface area contributed by atoms with Gasteiger partial charge in [-0.2, -0.15) is 0 Å². The summed E-state index contributed by atoms with van der Waals surface area (Å²) in [6, 6.07) is 12.6. The first-order valence-corrected chi connectivity index (χ1v) is 11.3. The molecule has 0 spiro atoms. The summed E-state index contributed by atoms with van der Waals surface area (Å²) < 4.78 is 0. The molecule has 3 unspecified atom stereocenters. The summed E-state index contributed by atoms with van der Waals surface area (Å²) in [5.41, 5.74) is 4.31. The van der Waals surface area contributed by atoms with Gasteiger partial charge in [-0.3, -0.25) is 19.7 Å². The molecule has 3 heterocycles. The predicted octanol–water partition coefficient (Wildman–Crippen LogP) is 2.99. The topological polar surface area (TPSA) is 98.8 Å². The molecule has 0 saturated carbocycles. The van der Waals surface area contributed by atoms with E-state index < -0.39 is 11.9 Å². The summed E-state index contributed by atoms with van der Waals surface area (Å²) in [6.07, 6.45) is 1.33. The number of anilines is 1. The predicted molar refractivity (Wildman–Crippen MR) is 121 cm³/mol. The summed E-state index contributed by atoms with van der Waals surface area (Å²) in [4.78, 5) is 53.1. The van der Waals surface area contributed by atoms with Gasteiger partial charge in [-0.1, -0.05) is 24.3 Å². The molecule has 0 aromatic heterocycles. The van der Waals surface area contributed by atoms with Gasteiger partial charge in [0.1, 0.15) is 6.04 Å². The lowest BCUT2D eigenvalue weighted by Crippen LogP contribution is -2.52. The highest BCUT2D eigenvalue weighted by Gasteiger charge is 2.39. The number of carbonyl (C=O) groups is 4. The van der Waals surface area contributed by atoms with Crippen LogP contribution in [-0.2, 0) is 22.6 Å². The van der Waals surface area contributed by atoms with Crippen LogP contribution in [0.25, 0.3) is 0 Å². The van der Waals surface area contributed by atoms with Gasteiger partial charge in [0, 0.05) is 30.3 Å². The smallest absolute Gasteiger partial charge is 0.322 e. The van der Waals surface area contributed by atoms with Crippen molar-refractivity contribution >= 4 is 29.4 Å². The maximum Gasteiger partial charge on any atom is 0.322 e. The Balaban J connectivity index is 1.32. The van der Waals surface area contributed by atoms with E-state index >= 15 is 0 Å². The van der Waals surface area contributed by atoms with Gasteiger partial charge in [0.15, 0.2) is 0 Å². The second-order valence-electron chi connectivity index (χ2n) is 9.04. The van der Waals surface area contributed by atoms with Gasteiger partial charge in [0.05, 0.1) is 6.04 Å². The van der Waals surface area contributed by atoms with Gasteiger partial charge in [0.25, 0.3) is 5.91 Å². The lowest BCUT2D eigenvalue weighted by Gasteiger charge is -2.40. The third-order valence-corrected chi connectivity index (χ3v) is 6.92. The molecular formula is C25H26N4O4. The standard InChI is InChI=1S/C25H26N4O4/c1-14-11-16-5-3-4-6-19(16)15(2)29(14)25(33)26-18-7-8-20-17(12-18)13-28(24(20)32)21-9-10-22(30)27-23(21)31/h3-8,12,14-15,21H,9-11,13H2,1-2H3,(H,26,33)(H,27,30,31). The van der Waals surface area contributed by atoms with Crippen molar-refractivity contribution in [1.82, 2.24) is 15.1 Å². The highest BCUT2D eigenvalue weighted by molar-refractivity contribution is 6.05. The Morgan fingerprint density at radius 2 is 1.85 bits per heavy atom. The number of fused-ring (bicyclic) bond motifs is 2. The van der Waals surface area contributed by atoms with Gasteiger partial charge in [0.2, 0.25) is 11.8 Å². The number of urea groups is 1. The van der Waals surface area contributed by atoms with Crippen LogP contribution in [-0.4, -0.2) is 45.6 Å². The first-order chi connectivity index (χ1) is 15.8. The van der Waals surface area contributed by atoms with E-state index in [1.54, 1.807) is 18.2 Å². The van der Waals surface area contributed by atoms with E-state index in [1.165, 1.54) is 10.5 Å². The minimum Gasteiger partial charge on any atom is -0.322 e. The number of nitrogens with zero attached hydrogens (tertiary/aromatic N) is 2. The lowest BCUT2D eigenvalue weighted by molar-refractivity contribution is -0.136. The first-order valence-electron chi connectivity index (χ1n) is 11.3. The Hall–Kier alpha value is -3.68. The maximum atomic E-state index is 13.2. The minimum atomic E-state index is -0.657. The summed E-state index contributed by atoms with van der Waals surface area (Å²) in [5.74, 6) is -0.976. The molecule has 8 nitrogen and oxygen atoms in total. The molecule has 33 heavy (non-hydrogen) atoms. The van der Waals surface area contributed by atoms with Crippen LogP contribution in [0.1, 0.15) is 59.8 Å². The maximum absolute atomic E-state index is 13.2. The van der Waals surface area contributed by atoms with Crippen LogP contribution in [0.3, 0.4) is 0 Å². The highest BCUT2D eigenvalue weighted by Crippen LogP contribution is 2.34. The second-order valence-corrected chi connectivity index (χ2v) is 9.04. The zero-order chi connectivity index (χ0) is 23.3. The van der Waals surface area contributed by atoms with Crippen molar-refractivity contribution in [2.24, 2.45) is 0 Å². The van der Waals surface area contributed by atoms with Crippen LogP contribution in [0, 0.1) is 0 Å². The summed E-state index contributed by atoms with van der Waals surface area (Å²) >= 11 is 0. The van der Waals surface area contributed by atoms with Crippen molar-refractivity contribution in [3.05, 3.63) is 64.7 Å². The van der Waals surface area contributed by atoms with E-state index in [1.807, 2.05) is 30.9 Å². The number of carbonyl (C=O) groups excluding carboxylic acids is 4. The van der Waals surface area contributed by atoms with Crippen LogP contribution in [0.2, 0.25) is 0 Å². The van der Waals surface area contributed by atoms with Crippen LogP contribution in [0.15, 0.2) is 42.5 Å². The molecule has 0 aliphatic carbocycles. The molecule has 2 aromatic carbocycles. The number of amides is 5. The molecule has 2 aromatic rings. The fourth-order valence-corrected chi connectivity index (χ4v) is 5.29. The zero-order valence-corrected chi connectivity index (χ0v) is 18.6. The first kappa shape index (κ1) is 21.2. The normalized spacial score (nSPS) is 24.3. The van der Waals surface area contributed by atoms with E-state index in [0.717, 1.165) is 17.5 Å². The Morgan fingerprint density at radius 3 is 2.64 bits per heavy atom. The molecule has 3 aliphatic heterocycles. The molecule has 2 N–H and O–H groups in total. The fourth-order valence-electron chi connectivity index (χ4n) is 5.29. The van der Waals surface area contributed by atoms with Crippen molar-refractivity contribution < 1.29 is 19.2 Å². The van der Waals surface area contributed by atoms with Crippen molar-refractivity contribution in [3.63, 3.8) is 0 Å². The molecule has 1 fully saturated rings. The van der Waals surface area contributed by atoms with Gasteiger partial charge < -0.3 is 15.1 Å². The fraction of sp³-hybridized carbons (Fsp3) is 0.360. The Labute approximate surface area is 191 Å². The molecule has 170 valence electrons. The highest BCUT2D eigenvalue weighted by atomic mass is 16.2. The Kier molecular flexibility index (Phi) is 5.15. The van der Waals surface area contributed by atoms with E-state index in [0.29, 0.717) is 17.7 Å². The molecule has 3 atom stereocenters. The van der Waals surface area contributed by atoms with Gasteiger partial charge in [-0.05, 0) is 61.6 Å². The van der Waals surface area contributed by atoms with Crippen LogP contribution in [0.4, 0.5) is 10.5 Å². The number of piperidine rings is 1. The lowest BCUT2D eigenvalue weighted by atomic mass is 9.90. The molecule has 0 bridgehead atoms. The van der Waals surface area contributed by atoms with Gasteiger partial charge >= 0.3 is 6.03 Å². The third-order valence-electron chi connectivity index (χ3n) is 6.92. The Morgan fingerprint density at radius 1 is 1.06 bits per heavy atom. The van der Waals surface area contributed by atoms with Crippen LogP contribution in [0.5, 0.6) is 0 Å². The van der Waals surface area contributed by atoms with Crippen molar-refractivity contribution in [1.29, 1.82) is 0 Å². The van der Waals surface area contributed by atoms with E-state index in [-0.39, 0.29) is 42.9 Å². The molecular weight excluding hydrogens is 420 g/mol. The number of nitrogens with one attached hydrogen (secondary N) is 2. The van der Waals surface area contributed by atoms with Gasteiger partial charge in [-0.15, -0.1) is 0 Å². The largest absolute Gasteiger partial charge is 0.322 e. The molecule has 5 rings (SSSR count). The van der Waals surface area contributed by atoms with Gasteiger partial charge in [-0.25, -0.2) is 4.79 Å². The summed E-state index contributed by atoms with van der Waals surface area (Å²) in [5, 5.41) is 5.30. The van der Waals surface area contributed by atoms with Crippen LogP contribution >= 0.6 is 0 Å². The Bertz CT molecular complexity index is 1180. The van der Waals surface area contributed by atoms with Crippen LogP contribution < -0.4 is 10.6 Å². The third kappa shape index (κ3) is 3.65. The summed E-state index contributed by atoms with van der Waals surface area (Å²) in [6.45, 7) is 4.35. The molecule has 1 saturated heterocycles. The second kappa shape index (κ2) is 8.03. The van der Waals surface area contributed by atoms with Crippen molar-refractivity contribution in [3.8, 4) is 0 Å². The number of benzene rings is 2. The van der Waals surface area contributed by atoms with E-state index in [2.05, 4.69) is 22.8 Å². The zero-order valence-electron chi connectivity index (χ0n) is 18.6. The minimum absolute atomic E-state index is 0.0499. The quantitative estimate of drug-likeness (QED) is 0.693. The van der Waals surface area contributed by atoms with E-state index in [9.17, 15) is 19.2 Å². The van der Waals surface area contributed by atoms with E-state index in [4.69, 9.17) is 0 Å². The molecule has 8 heteroatoms. The van der Waals surface area contributed by atoms with Crippen molar-refractivity contribution in [2.45, 2.75) is 57.8 Å². The summed E-state index contributed by atoms with van der Waals surface area (Å²) in [7, 11) is 0. The SMILES string of the molecule is CC1Cc2ccccc2C(C)N1C(=O)Nc1ccc2c(c1)CN(C1CCC(=O)NC1=O)C2=O. The number of rotatable bonds is 2. The van der Waals surface area contributed by atoms with Crippen molar-refractivity contribution in [2.75, 3.05) is 5.32 Å². The average Bonchev–Trinajstić information content (AvgIpc) is 3.09. The molecule has 0 radical (unpaired) electrons. The molecule has 5 amide bonds.